The van der Waals surface area contributed by atoms with E-state index in [0.29, 0.717) is 0 Å². The number of hydrogen-bond donors (Lipinski definition) is 1. The van der Waals surface area contributed by atoms with Crippen LogP contribution in [0.4, 0.5) is 0 Å². The van der Waals surface area contributed by atoms with Gasteiger partial charge in [0.1, 0.15) is 0 Å². The normalized spacial score (nSPS) is 18.9. The van der Waals surface area contributed by atoms with Crippen LogP contribution in [-0.4, -0.2) is 23.9 Å². The second-order valence-electron chi connectivity index (χ2n) is 8.23. The minimum Gasteiger partial charge on any atom is -0.346 e. The van der Waals surface area contributed by atoms with Gasteiger partial charge in [0.2, 0.25) is 0 Å². The van der Waals surface area contributed by atoms with E-state index in [1.165, 1.54) is 48.2 Å². The molecular weight excluding hydrogens is 332 g/mol. The number of carbonyl (C=O) groups excluding carboxylic acids is 1. The molecule has 0 saturated carbocycles. The van der Waals surface area contributed by atoms with Crippen LogP contribution in [0, 0.1) is 19.8 Å². The second kappa shape index (κ2) is 8.71. The quantitative estimate of drug-likeness (QED) is 0.807. The van der Waals surface area contributed by atoms with Gasteiger partial charge in [0.05, 0.1) is 6.04 Å². The molecule has 0 spiro atoms. The lowest BCUT2D eigenvalue weighted by Crippen LogP contribution is -2.33. The molecule has 1 saturated heterocycles. The van der Waals surface area contributed by atoms with Crippen LogP contribution in [0.1, 0.15) is 65.3 Å². The summed E-state index contributed by atoms with van der Waals surface area (Å²) in [6.07, 6.45) is 2.63. The molecule has 2 aromatic rings. The summed E-state index contributed by atoms with van der Waals surface area (Å²) in [4.78, 5) is 15.1. The predicted octanol–water partition coefficient (Wildman–Crippen LogP) is 5.03. The zero-order valence-electron chi connectivity index (χ0n) is 17.1. The van der Waals surface area contributed by atoms with Gasteiger partial charge in [0.15, 0.2) is 0 Å². The van der Waals surface area contributed by atoms with Crippen molar-refractivity contribution in [1.82, 2.24) is 10.2 Å². The molecule has 1 heterocycles. The number of aryl methyl sites for hydroxylation is 2. The number of hydrogen-bond acceptors (Lipinski definition) is 2. The van der Waals surface area contributed by atoms with Crippen LogP contribution in [0.3, 0.4) is 0 Å². The molecule has 2 aromatic carbocycles. The van der Waals surface area contributed by atoms with Crippen molar-refractivity contribution in [1.29, 1.82) is 0 Å². The Labute approximate surface area is 163 Å². The van der Waals surface area contributed by atoms with Gasteiger partial charge in [-0.1, -0.05) is 42.8 Å². The van der Waals surface area contributed by atoms with Crippen LogP contribution in [-0.2, 0) is 6.54 Å². The zero-order chi connectivity index (χ0) is 19.4. The average Bonchev–Trinajstić information content (AvgIpc) is 2.62. The highest BCUT2D eigenvalue weighted by Gasteiger charge is 2.17. The van der Waals surface area contributed by atoms with E-state index in [1.807, 2.05) is 19.1 Å². The standard InChI is InChI=1S/C24H32N2O/c1-17-7-12-23(19(3)14-17)20(4)25-24(27)22-10-8-21(9-11-22)16-26-13-5-6-18(2)15-26/h7-12,14,18,20H,5-6,13,15-16H2,1-4H3,(H,25,27)/t18-,20+/m1/s1. The summed E-state index contributed by atoms with van der Waals surface area (Å²) in [5.74, 6) is 0.774. The fourth-order valence-electron chi connectivity index (χ4n) is 4.12. The van der Waals surface area contributed by atoms with Crippen molar-refractivity contribution < 1.29 is 4.79 Å². The molecule has 0 bridgehead atoms. The van der Waals surface area contributed by atoms with Crippen LogP contribution in [0.5, 0.6) is 0 Å². The summed E-state index contributed by atoms with van der Waals surface area (Å²) in [7, 11) is 0. The van der Waals surface area contributed by atoms with E-state index >= 15 is 0 Å². The van der Waals surface area contributed by atoms with E-state index in [9.17, 15) is 4.79 Å². The molecule has 1 aliphatic heterocycles. The van der Waals surface area contributed by atoms with E-state index < -0.39 is 0 Å². The summed E-state index contributed by atoms with van der Waals surface area (Å²) < 4.78 is 0. The SMILES string of the molecule is Cc1ccc([C@H](C)NC(=O)c2ccc(CN3CCC[C@@H](C)C3)cc2)c(C)c1. The third-order valence-electron chi connectivity index (χ3n) is 5.60. The fourth-order valence-corrected chi connectivity index (χ4v) is 4.12. The molecule has 0 unspecified atom stereocenters. The highest BCUT2D eigenvalue weighted by Crippen LogP contribution is 2.20. The van der Waals surface area contributed by atoms with E-state index in [2.05, 4.69) is 61.3 Å². The lowest BCUT2D eigenvalue weighted by Gasteiger charge is -2.30. The number of amides is 1. The number of carbonyl (C=O) groups is 1. The molecule has 1 amide bonds. The predicted molar refractivity (Wildman–Crippen MR) is 112 cm³/mol. The van der Waals surface area contributed by atoms with Gasteiger partial charge in [-0.3, -0.25) is 9.69 Å². The molecule has 144 valence electrons. The molecule has 2 atom stereocenters. The Kier molecular flexibility index (Phi) is 6.33. The zero-order valence-corrected chi connectivity index (χ0v) is 17.1. The Hall–Kier alpha value is -2.13. The van der Waals surface area contributed by atoms with Crippen LogP contribution >= 0.6 is 0 Å². The number of piperidine rings is 1. The smallest absolute Gasteiger partial charge is 0.251 e. The van der Waals surface area contributed by atoms with Gasteiger partial charge >= 0.3 is 0 Å². The van der Waals surface area contributed by atoms with Crippen molar-refractivity contribution in [2.24, 2.45) is 5.92 Å². The molecule has 1 aliphatic rings. The molecule has 3 heteroatoms. The number of nitrogens with zero attached hydrogens (tertiary/aromatic N) is 1. The number of benzene rings is 2. The number of nitrogens with one attached hydrogen (secondary N) is 1. The van der Waals surface area contributed by atoms with Crippen LogP contribution in [0.2, 0.25) is 0 Å². The number of rotatable bonds is 5. The van der Waals surface area contributed by atoms with Crippen molar-refractivity contribution in [2.75, 3.05) is 13.1 Å². The van der Waals surface area contributed by atoms with Gasteiger partial charge in [-0.05, 0) is 74.9 Å². The summed E-state index contributed by atoms with van der Waals surface area (Å²) in [6.45, 7) is 11.9. The lowest BCUT2D eigenvalue weighted by atomic mass is 9.99. The summed E-state index contributed by atoms with van der Waals surface area (Å²) in [5, 5.41) is 3.13. The first-order chi connectivity index (χ1) is 12.9. The van der Waals surface area contributed by atoms with Crippen molar-refractivity contribution in [3.63, 3.8) is 0 Å². The molecule has 3 rings (SSSR count). The molecule has 27 heavy (non-hydrogen) atoms. The maximum absolute atomic E-state index is 12.6. The van der Waals surface area contributed by atoms with Crippen LogP contribution in [0.25, 0.3) is 0 Å². The molecule has 0 radical (unpaired) electrons. The highest BCUT2D eigenvalue weighted by molar-refractivity contribution is 5.94. The van der Waals surface area contributed by atoms with Gasteiger partial charge in [-0.2, -0.15) is 0 Å². The van der Waals surface area contributed by atoms with Crippen molar-refractivity contribution in [3.8, 4) is 0 Å². The molecule has 1 N–H and O–H groups in total. The van der Waals surface area contributed by atoms with E-state index in [1.54, 1.807) is 0 Å². The Bertz CT molecular complexity index is 781. The minimum atomic E-state index is -0.0133. The molecule has 3 nitrogen and oxygen atoms in total. The van der Waals surface area contributed by atoms with Crippen LogP contribution in [0.15, 0.2) is 42.5 Å². The molecule has 1 fully saturated rings. The Morgan fingerprint density at radius 2 is 1.93 bits per heavy atom. The largest absolute Gasteiger partial charge is 0.346 e. The molecular formula is C24H32N2O. The summed E-state index contributed by atoms with van der Waals surface area (Å²) in [5.41, 5.74) is 5.64. The van der Waals surface area contributed by atoms with Gasteiger partial charge in [0.25, 0.3) is 5.91 Å². The van der Waals surface area contributed by atoms with Gasteiger partial charge < -0.3 is 5.32 Å². The molecule has 0 aromatic heterocycles. The van der Waals surface area contributed by atoms with Crippen molar-refractivity contribution >= 4 is 5.91 Å². The van der Waals surface area contributed by atoms with Crippen molar-refractivity contribution in [2.45, 2.75) is 53.1 Å². The van der Waals surface area contributed by atoms with Gasteiger partial charge in [0, 0.05) is 18.7 Å². The topological polar surface area (TPSA) is 32.3 Å². The summed E-state index contributed by atoms with van der Waals surface area (Å²) >= 11 is 0. The maximum Gasteiger partial charge on any atom is 0.251 e. The first kappa shape index (κ1) is 19.6. The molecule has 0 aliphatic carbocycles. The van der Waals surface area contributed by atoms with Crippen molar-refractivity contribution in [3.05, 3.63) is 70.3 Å². The van der Waals surface area contributed by atoms with Crippen LogP contribution < -0.4 is 5.32 Å². The van der Waals surface area contributed by atoms with E-state index in [4.69, 9.17) is 0 Å². The van der Waals surface area contributed by atoms with Gasteiger partial charge in [-0.15, -0.1) is 0 Å². The maximum atomic E-state index is 12.6. The fraction of sp³-hybridized carbons (Fsp3) is 0.458. The van der Waals surface area contributed by atoms with Gasteiger partial charge in [-0.25, -0.2) is 0 Å². The first-order valence-electron chi connectivity index (χ1n) is 10.1. The monoisotopic (exact) mass is 364 g/mol. The Morgan fingerprint density at radius 3 is 2.59 bits per heavy atom. The summed E-state index contributed by atoms with van der Waals surface area (Å²) in [6, 6.07) is 14.5. The third kappa shape index (κ3) is 5.20. The second-order valence-corrected chi connectivity index (χ2v) is 8.23. The highest BCUT2D eigenvalue weighted by atomic mass is 16.1. The third-order valence-corrected chi connectivity index (χ3v) is 5.60. The number of likely N-dealkylation sites (tertiary alicyclic amines) is 1. The minimum absolute atomic E-state index is 0.00684. The van der Waals surface area contributed by atoms with E-state index in [0.717, 1.165) is 18.0 Å². The first-order valence-corrected chi connectivity index (χ1v) is 10.1. The Balaban J connectivity index is 1.60. The Morgan fingerprint density at radius 1 is 1.19 bits per heavy atom. The average molecular weight is 365 g/mol. The van der Waals surface area contributed by atoms with E-state index in [-0.39, 0.29) is 11.9 Å². The lowest BCUT2D eigenvalue weighted by molar-refractivity contribution is 0.0940.